The Balaban J connectivity index is 2.40. The molecule has 0 radical (unpaired) electrons. The summed E-state index contributed by atoms with van der Waals surface area (Å²) < 4.78 is 10.7. The third-order valence-electron chi connectivity index (χ3n) is 4.17. The summed E-state index contributed by atoms with van der Waals surface area (Å²) in [6.07, 6.45) is 0.685. The van der Waals surface area contributed by atoms with Gasteiger partial charge < -0.3 is 25.4 Å². The minimum Gasteiger partial charge on any atom is -0.493 e. The summed E-state index contributed by atoms with van der Waals surface area (Å²) in [7, 11) is 2.97. The van der Waals surface area contributed by atoms with E-state index < -0.39 is 0 Å². The van der Waals surface area contributed by atoms with Crippen LogP contribution in [0.5, 0.6) is 11.5 Å². The molecular weight excluding hydrogens is 358 g/mol. The first-order valence-electron chi connectivity index (χ1n) is 9.07. The first-order valence-corrected chi connectivity index (χ1v) is 9.07. The molecule has 0 aromatic heterocycles. The number of anilines is 1. The maximum absolute atomic E-state index is 13.2. The number of nitrogens with two attached hydrogens (primary N) is 1. The van der Waals surface area contributed by atoms with Gasteiger partial charge in [-0.05, 0) is 30.7 Å². The fourth-order valence-electron chi connectivity index (χ4n) is 2.89. The predicted octanol–water partition coefficient (Wildman–Crippen LogP) is 2.65. The highest BCUT2D eigenvalue weighted by molar-refractivity contribution is 5.99. The zero-order valence-electron chi connectivity index (χ0n) is 16.5. The maximum Gasteiger partial charge on any atom is 0.254 e. The van der Waals surface area contributed by atoms with Crippen LogP contribution in [0.4, 0.5) is 5.69 Å². The lowest BCUT2D eigenvalue weighted by molar-refractivity contribution is -0.114. The van der Waals surface area contributed by atoms with Crippen LogP contribution in [0.1, 0.15) is 29.3 Å². The Morgan fingerprint density at radius 2 is 1.82 bits per heavy atom. The summed E-state index contributed by atoms with van der Waals surface area (Å²) in [4.78, 5) is 26.5. The van der Waals surface area contributed by atoms with Crippen molar-refractivity contribution in [2.24, 2.45) is 5.73 Å². The van der Waals surface area contributed by atoms with E-state index in [0.29, 0.717) is 48.8 Å². The smallest absolute Gasteiger partial charge is 0.254 e. The van der Waals surface area contributed by atoms with Crippen molar-refractivity contribution in [1.29, 1.82) is 0 Å². The minimum absolute atomic E-state index is 0.176. The number of nitrogens with one attached hydrogen (secondary N) is 1. The lowest BCUT2D eigenvalue weighted by Gasteiger charge is -2.24. The van der Waals surface area contributed by atoms with Gasteiger partial charge in [-0.15, -0.1) is 0 Å². The van der Waals surface area contributed by atoms with Gasteiger partial charge in [0.25, 0.3) is 5.91 Å². The third kappa shape index (κ3) is 5.47. The number of methoxy groups -OCH3 is 2. The van der Waals surface area contributed by atoms with Gasteiger partial charge in [0.15, 0.2) is 11.5 Å². The van der Waals surface area contributed by atoms with Crippen LogP contribution in [0.3, 0.4) is 0 Å². The van der Waals surface area contributed by atoms with Crippen molar-refractivity contribution < 1.29 is 19.1 Å². The SMILES string of the molecule is COc1cc(C(=O)N(CCCN)Cc2ccccc2)cc(NC(C)=O)c1OC. The van der Waals surface area contributed by atoms with Gasteiger partial charge in [-0.2, -0.15) is 0 Å². The van der Waals surface area contributed by atoms with Crippen LogP contribution in [-0.2, 0) is 11.3 Å². The molecule has 0 bridgehead atoms. The van der Waals surface area contributed by atoms with Gasteiger partial charge in [-0.1, -0.05) is 30.3 Å². The van der Waals surface area contributed by atoms with Crippen molar-refractivity contribution in [3.63, 3.8) is 0 Å². The number of rotatable bonds is 9. The predicted molar refractivity (Wildman–Crippen MR) is 109 cm³/mol. The molecule has 0 fully saturated rings. The highest BCUT2D eigenvalue weighted by atomic mass is 16.5. The first-order chi connectivity index (χ1) is 13.5. The molecule has 3 N–H and O–H groups in total. The summed E-state index contributed by atoms with van der Waals surface area (Å²) in [6, 6.07) is 13.0. The summed E-state index contributed by atoms with van der Waals surface area (Å²) in [5.74, 6) is 0.292. The molecule has 0 aliphatic heterocycles. The highest BCUT2D eigenvalue weighted by Crippen LogP contribution is 2.37. The Kier molecular flexibility index (Phi) is 7.83. The zero-order valence-corrected chi connectivity index (χ0v) is 16.5. The fraction of sp³-hybridized carbons (Fsp3) is 0.333. The molecular formula is C21H27N3O4. The standard InChI is InChI=1S/C21H27N3O4/c1-15(25)23-18-12-17(13-19(27-2)20(18)28-3)21(26)24(11-7-10-22)14-16-8-5-4-6-9-16/h4-6,8-9,12-13H,7,10-11,14,22H2,1-3H3,(H,23,25). The van der Waals surface area contributed by atoms with Crippen molar-refractivity contribution in [2.75, 3.05) is 32.6 Å². The summed E-state index contributed by atoms with van der Waals surface area (Å²) in [5, 5.41) is 2.69. The number of benzene rings is 2. The average molecular weight is 385 g/mol. The molecule has 2 rings (SSSR count). The number of carbonyl (C=O) groups excluding carboxylic acids is 2. The Labute approximate surface area is 165 Å². The Bertz CT molecular complexity index is 809. The van der Waals surface area contributed by atoms with Crippen LogP contribution >= 0.6 is 0 Å². The molecule has 0 spiro atoms. The first kappa shape index (κ1) is 21.2. The van der Waals surface area contributed by atoms with E-state index in [1.165, 1.54) is 21.1 Å². The lowest BCUT2D eigenvalue weighted by atomic mass is 10.1. The maximum atomic E-state index is 13.2. The van der Waals surface area contributed by atoms with E-state index in [9.17, 15) is 9.59 Å². The number of nitrogens with zero attached hydrogens (tertiary/aromatic N) is 1. The van der Waals surface area contributed by atoms with Crippen LogP contribution in [0.2, 0.25) is 0 Å². The minimum atomic E-state index is -0.269. The van der Waals surface area contributed by atoms with Crippen LogP contribution in [0.15, 0.2) is 42.5 Å². The van der Waals surface area contributed by atoms with E-state index in [0.717, 1.165) is 5.56 Å². The number of hydrogen-bond donors (Lipinski definition) is 2. The van der Waals surface area contributed by atoms with Crippen molar-refractivity contribution in [3.8, 4) is 11.5 Å². The van der Waals surface area contributed by atoms with E-state index >= 15 is 0 Å². The van der Waals surface area contributed by atoms with Crippen LogP contribution < -0.4 is 20.5 Å². The van der Waals surface area contributed by atoms with Crippen molar-refractivity contribution in [2.45, 2.75) is 19.9 Å². The number of amides is 2. The van der Waals surface area contributed by atoms with Crippen LogP contribution in [0.25, 0.3) is 0 Å². The Morgan fingerprint density at radius 3 is 2.39 bits per heavy atom. The van der Waals surface area contributed by atoms with E-state index in [-0.39, 0.29) is 11.8 Å². The molecule has 0 unspecified atom stereocenters. The lowest BCUT2D eigenvalue weighted by Crippen LogP contribution is -2.32. The number of ether oxygens (including phenoxy) is 2. The number of hydrogen-bond acceptors (Lipinski definition) is 5. The molecule has 0 saturated heterocycles. The van der Waals surface area contributed by atoms with E-state index in [4.69, 9.17) is 15.2 Å². The normalized spacial score (nSPS) is 10.3. The van der Waals surface area contributed by atoms with Gasteiger partial charge in [0.1, 0.15) is 0 Å². The molecule has 2 aromatic carbocycles. The molecule has 7 nitrogen and oxygen atoms in total. The topological polar surface area (TPSA) is 93.9 Å². The monoisotopic (exact) mass is 385 g/mol. The Morgan fingerprint density at radius 1 is 1.11 bits per heavy atom. The van der Waals surface area contributed by atoms with E-state index in [2.05, 4.69) is 5.32 Å². The molecule has 0 heterocycles. The average Bonchev–Trinajstić information content (AvgIpc) is 2.70. The largest absolute Gasteiger partial charge is 0.493 e. The van der Waals surface area contributed by atoms with Crippen molar-refractivity contribution >= 4 is 17.5 Å². The molecule has 0 aliphatic carbocycles. The molecule has 0 aliphatic rings. The quantitative estimate of drug-likeness (QED) is 0.692. The van der Waals surface area contributed by atoms with Gasteiger partial charge in [0, 0.05) is 25.6 Å². The summed E-state index contributed by atoms with van der Waals surface area (Å²) in [6.45, 7) is 2.86. The van der Waals surface area contributed by atoms with Crippen molar-refractivity contribution in [3.05, 3.63) is 53.6 Å². The summed E-state index contributed by atoms with van der Waals surface area (Å²) in [5.41, 5.74) is 7.46. The van der Waals surface area contributed by atoms with Crippen LogP contribution in [-0.4, -0.2) is 44.0 Å². The van der Waals surface area contributed by atoms with E-state index in [1.54, 1.807) is 17.0 Å². The van der Waals surface area contributed by atoms with Gasteiger partial charge in [-0.3, -0.25) is 9.59 Å². The second-order valence-electron chi connectivity index (χ2n) is 6.30. The molecule has 28 heavy (non-hydrogen) atoms. The molecule has 0 saturated carbocycles. The third-order valence-corrected chi connectivity index (χ3v) is 4.17. The molecule has 2 amide bonds. The molecule has 7 heteroatoms. The molecule has 2 aromatic rings. The van der Waals surface area contributed by atoms with E-state index in [1.807, 2.05) is 30.3 Å². The van der Waals surface area contributed by atoms with Crippen LogP contribution in [0, 0.1) is 0 Å². The van der Waals surface area contributed by atoms with Gasteiger partial charge >= 0.3 is 0 Å². The second kappa shape index (κ2) is 10.3. The van der Waals surface area contributed by atoms with Gasteiger partial charge in [0.2, 0.25) is 5.91 Å². The fourth-order valence-corrected chi connectivity index (χ4v) is 2.89. The second-order valence-corrected chi connectivity index (χ2v) is 6.30. The molecule has 0 atom stereocenters. The number of carbonyl (C=O) groups is 2. The summed E-state index contributed by atoms with van der Waals surface area (Å²) >= 11 is 0. The Hall–Kier alpha value is -3.06. The van der Waals surface area contributed by atoms with Crippen molar-refractivity contribution in [1.82, 2.24) is 4.90 Å². The van der Waals surface area contributed by atoms with Gasteiger partial charge in [-0.25, -0.2) is 0 Å². The highest BCUT2D eigenvalue weighted by Gasteiger charge is 2.21. The zero-order chi connectivity index (χ0) is 20.5. The van der Waals surface area contributed by atoms with Gasteiger partial charge in [0.05, 0.1) is 19.9 Å². The molecule has 150 valence electrons.